The number of hydrogen-bond acceptors (Lipinski definition) is 5. The van der Waals surface area contributed by atoms with Gasteiger partial charge in [-0.25, -0.2) is 9.59 Å². The van der Waals surface area contributed by atoms with E-state index in [1.807, 2.05) is 36.4 Å². The number of hydrogen-bond donors (Lipinski definition) is 1. The molecule has 5 rings (SSSR count). The van der Waals surface area contributed by atoms with E-state index in [-0.39, 0.29) is 11.1 Å². The van der Waals surface area contributed by atoms with Crippen molar-refractivity contribution >= 4 is 50.4 Å². The van der Waals surface area contributed by atoms with Crippen molar-refractivity contribution in [3.8, 4) is 11.1 Å². The Kier molecular flexibility index (Phi) is 6.25. The minimum absolute atomic E-state index is 0.174. The summed E-state index contributed by atoms with van der Waals surface area (Å²) in [6.07, 6.45) is 0.477. The van der Waals surface area contributed by atoms with E-state index in [2.05, 4.69) is 22.0 Å². The zero-order chi connectivity index (χ0) is 24.7. The first-order valence-corrected chi connectivity index (χ1v) is 12.7. The van der Waals surface area contributed by atoms with E-state index in [0.717, 1.165) is 33.0 Å². The lowest BCUT2D eigenvalue weighted by molar-refractivity contribution is -0.143. The highest BCUT2D eigenvalue weighted by molar-refractivity contribution is 9.10. The van der Waals surface area contributed by atoms with E-state index in [9.17, 15) is 19.5 Å². The molecule has 176 valence electrons. The van der Waals surface area contributed by atoms with Crippen molar-refractivity contribution in [2.24, 2.45) is 0 Å². The van der Waals surface area contributed by atoms with Crippen LogP contribution in [0.1, 0.15) is 27.5 Å². The average Bonchev–Trinajstić information content (AvgIpc) is 3.32. The third kappa shape index (κ3) is 4.06. The van der Waals surface area contributed by atoms with Crippen LogP contribution in [0.2, 0.25) is 0 Å². The Morgan fingerprint density at radius 3 is 2.51 bits per heavy atom. The Balaban J connectivity index is 1.76. The van der Waals surface area contributed by atoms with Crippen LogP contribution >= 0.6 is 27.7 Å². The number of thioether (sulfide) groups is 1. The van der Waals surface area contributed by atoms with Gasteiger partial charge in [0.2, 0.25) is 0 Å². The number of nitrogens with zero attached hydrogens (tertiary/aromatic N) is 1. The molecule has 0 unspecified atom stereocenters. The van der Waals surface area contributed by atoms with Crippen LogP contribution in [-0.2, 0) is 16.0 Å². The van der Waals surface area contributed by atoms with E-state index in [1.54, 1.807) is 24.3 Å². The number of esters is 1. The minimum Gasteiger partial charge on any atom is -0.478 e. The number of carbonyl (C=O) groups is 2. The summed E-state index contributed by atoms with van der Waals surface area (Å²) < 4.78 is 6.83. The molecule has 1 aliphatic heterocycles. The van der Waals surface area contributed by atoms with Gasteiger partial charge in [-0.05, 0) is 55.5 Å². The molecule has 0 saturated carbocycles. The number of pyridine rings is 1. The molecule has 0 bridgehead atoms. The normalized spacial score (nSPS) is 14.6. The van der Waals surface area contributed by atoms with Crippen LogP contribution in [0.25, 0.3) is 21.9 Å². The second kappa shape index (κ2) is 9.36. The quantitative estimate of drug-likeness (QED) is 0.329. The van der Waals surface area contributed by atoms with Crippen molar-refractivity contribution in [1.29, 1.82) is 0 Å². The molecule has 1 atom stereocenters. The number of halogens is 1. The number of carboxylic acids is 1. The van der Waals surface area contributed by atoms with Gasteiger partial charge in [0, 0.05) is 17.7 Å². The third-order valence-corrected chi connectivity index (χ3v) is 8.21. The Labute approximate surface area is 213 Å². The highest BCUT2D eigenvalue weighted by atomic mass is 79.9. The predicted molar refractivity (Wildman–Crippen MR) is 139 cm³/mol. The summed E-state index contributed by atoms with van der Waals surface area (Å²) in [5.74, 6) is -1.10. The maximum atomic E-state index is 13.5. The van der Waals surface area contributed by atoms with E-state index < -0.39 is 18.0 Å². The molecule has 1 N–H and O–H groups in total. The van der Waals surface area contributed by atoms with Gasteiger partial charge in [-0.2, -0.15) is 0 Å². The highest BCUT2D eigenvalue weighted by Crippen LogP contribution is 2.44. The molecule has 3 aromatic carbocycles. The summed E-state index contributed by atoms with van der Waals surface area (Å²) in [6.45, 7) is 0. The van der Waals surface area contributed by atoms with Crippen LogP contribution in [0.5, 0.6) is 0 Å². The molecule has 8 heteroatoms. The van der Waals surface area contributed by atoms with Crippen LogP contribution in [0.3, 0.4) is 0 Å². The summed E-state index contributed by atoms with van der Waals surface area (Å²) in [5, 5.41) is 12.2. The smallest absolute Gasteiger partial charge is 0.335 e. The van der Waals surface area contributed by atoms with Gasteiger partial charge in [-0.3, -0.25) is 9.36 Å². The topological polar surface area (TPSA) is 85.6 Å². The van der Waals surface area contributed by atoms with Crippen LogP contribution in [0.4, 0.5) is 0 Å². The first-order chi connectivity index (χ1) is 16.9. The third-order valence-electron chi connectivity index (χ3n) is 6.24. The van der Waals surface area contributed by atoms with Crippen LogP contribution < -0.4 is 5.56 Å². The van der Waals surface area contributed by atoms with Crippen LogP contribution in [-0.4, -0.2) is 34.5 Å². The molecule has 6 nitrogen and oxygen atoms in total. The van der Waals surface area contributed by atoms with Crippen molar-refractivity contribution in [2.75, 3.05) is 12.9 Å². The number of carbonyl (C=O) groups excluding carboxylic acids is 1. The van der Waals surface area contributed by atoms with Gasteiger partial charge >= 0.3 is 11.9 Å². The number of rotatable bonds is 5. The average molecular weight is 550 g/mol. The molecule has 1 aliphatic rings. The zero-order valence-electron chi connectivity index (χ0n) is 18.7. The molecule has 35 heavy (non-hydrogen) atoms. The Morgan fingerprint density at radius 1 is 1.09 bits per heavy atom. The monoisotopic (exact) mass is 549 g/mol. The molecular weight excluding hydrogens is 530 g/mol. The van der Waals surface area contributed by atoms with Crippen molar-refractivity contribution in [3.05, 3.63) is 98.2 Å². The highest BCUT2D eigenvalue weighted by Gasteiger charge is 2.35. The number of benzene rings is 3. The molecule has 0 aliphatic carbocycles. The maximum Gasteiger partial charge on any atom is 0.335 e. The summed E-state index contributed by atoms with van der Waals surface area (Å²) in [7, 11) is 1.31. The standard InChI is InChI=1S/C27H20BrNO5S/c1-34-27(33)21-14-35-25-22(16-9-11-17(12-10-16)26(31)32)20(23(28)24(30)29(21)25)13-18-7-4-6-15-5-2-3-8-19(15)18/h2-12,21H,13-14H2,1H3,(H,31,32)/t21-/m0/s1. The van der Waals surface area contributed by atoms with Gasteiger partial charge in [-0.15, -0.1) is 11.8 Å². The van der Waals surface area contributed by atoms with E-state index in [0.29, 0.717) is 21.7 Å². The lowest BCUT2D eigenvalue weighted by atomic mass is 9.93. The van der Waals surface area contributed by atoms with Crippen molar-refractivity contribution in [3.63, 3.8) is 0 Å². The summed E-state index contributed by atoms with van der Waals surface area (Å²) in [4.78, 5) is 37.4. The van der Waals surface area contributed by atoms with Gasteiger partial charge in [-0.1, -0.05) is 54.6 Å². The fourth-order valence-electron chi connectivity index (χ4n) is 4.53. The Hall–Kier alpha value is -3.36. The molecule has 2 heterocycles. The minimum atomic E-state index is -1.01. The van der Waals surface area contributed by atoms with Crippen molar-refractivity contribution in [1.82, 2.24) is 4.57 Å². The lowest BCUT2D eigenvalue weighted by Crippen LogP contribution is -2.31. The predicted octanol–water partition coefficient (Wildman–Crippen LogP) is 5.54. The van der Waals surface area contributed by atoms with Gasteiger partial charge in [0.1, 0.15) is 6.04 Å². The molecule has 1 aromatic heterocycles. The number of ether oxygens (including phenoxy) is 1. The fraction of sp³-hybridized carbons (Fsp3) is 0.148. The first kappa shape index (κ1) is 23.4. The Bertz CT molecular complexity index is 1540. The van der Waals surface area contributed by atoms with Crippen molar-refractivity contribution < 1.29 is 19.4 Å². The van der Waals surface area contributed by atoms with Gasteiger partial charge in [0.05, 0.1) is 22.2 Å². The second-order valence-corrected chi connectivity index (χ2v) is 10.00. The summed E-state index contributed by atoms with van der Waals surface area (Å²) in [6, 6.07) is 20.0. The van der Waals surface area contributed by atoms with Crippen LogP contribution in [0.15, 0.2) is 81.0 Å². The molecule has 0 radical (unpaired) electrons. The Morgan fingerprint density at radius 2 is 1.80 bits per heavy atom. The lowest BCUT2D eigenvalue weighted by Gasteiger charge is -2.20. The van der Waals surface area contributed by atoms with E-state index in [4.69, 9.17) is 4.74 Å². The van der Waals surface area contributed by atoms with Crippen LogP contribution in [0, 0.1) is 0 Å². The van der Waals surface area contributed by atoms with Gasteiger partial charge in [0.25, 0.3) is 5.56 Å². The van der Waals surface area contributed by atoms with Gasteiger partial charge in [0.15, 0.2) is 0 Å². The SMILES string of the molecule is COC(=O)[C@@H]1CSc2c(-c3ccc(C(=O)O)cc3)c(Cc3cccc4ccccc34)c(Br)c(=O)n21. The largest absolute Gasteiger partial charge is 0.478 e. The fourth-order valence-corrected chi connectivity index (χ4v) is 6.40. The maximum absolute atomic E-state index is 13.5. The van der Waals surface area contributed by atoms with Gasteiger partial charge < -0.3 is 9.84 Å². The molecule has 0 amide bonds. The first-order valence-electron chi connectivity index (χ1n) is 10.9. The number of carboxylic acid groups (broad SMARTS) is 1. The summed E-state index contributed by atoms with van der Waals surface area (Å²) >= 11 is 4.98. The zero-order valence-corrected chi connectivity index (χ0v) is 21.1. The molecule has 4 aromatic rings. The second-order valence-electron chi connectivity index (χ2n) is 8.20. The number of aromatic carboxylic acids is 1. The number of aromatic nitrogens is 1. The molecule has 0 fully saturated rings. The number of fused-ring (bicyclic) bond motifs is 2. The summed E-state index contributed by atoms with van der Waals surface area (Å²) in [5.41, 5.74) is 3.31. The molecule has 0 saturated heterocycles. The van der Waals surface area contributed by atoms with Crippen molar-refractivity contribution in [2.45, 2.75) is 17.5 Å². The molecule has 0 spiro atoms. The van der Waals surface area contributed by atoms with E-state index >= 15 is 0 Å². The van der Waals surface area contributed by atoms with E-state index in [1.165, 1.54) is 23.4 Å². The number of methoxy groups -OCH3 is 1. The molecular formula is C27H20BrNO5S.